The molecule has 0 radical (unpaired) electrons. The molecule has 0 saturated heterocycles. The van der Waals surface area contributed by atoms with Gasteiger partial charge in [-0.25, -0.2) is 0 Å². The Morgan fingerprint density at radius 2 is 1.00 bits per heavy atom. The number of rotatable bonds is 9. The van der Waals surface area contributed by atoms with Gasteiger partial charge in [0, 0.05) is 0 Å². The molecule has 0 aromatic heterocycles. The Morgan fingerprint density at radius 1 is 0.581 bits per heavy atom. The van der Waals surface area contributed by atoms with Crippen molar-refractivity contribution in [1.29, 1.82) is 0 Å². The summed E-state index contributed by atoms with van der Waals surface area (Å²) in [6.45, 7) is 2.32. The van der Waals surface area contributed by atoms with E-state index < -0.39 is 7.26 Å². The molecule has 0 atom stereocenters. The van der Waals surface area contributed by atoms with Crippen molar-refractivity contribution in [3.63, 3.8) is 0 Å². The minimum absolute atomic E-state index is 0.830. The zero-order chi connectivity index (χ0) is 21.4. The molecule has 1 aliphatic carbocycles. The highest BCUT2D eigenvalue weighted by atomic mass is 31.2. The van der Waals surface area contributed by atoms with E-state index in [1.807, 2.05) is 0 Å². The van der Waals surface area contributed by atoms with Gasteiger partial charge in [0.25, 0.3) is 0 Å². The monoisotopic (exact) mass is 429 g/mol. The fourth-order valence-electron chi connectivity index (χ4n) is 5.58. The Hall–Kier alpha value is -1.91. The third kappa shape index (κ3) is 5.30. The maximum Gasteiger partial charge on any atom is 0.112 e. The van der Waals surface area contributed by atoms with Gasteiger partial charge in [0.2, 0.25) is 0 Å². The predicted molar refractivity (Wildman–Crippen MR) is 140 cm³/mol. The van der Waals surface area contributed by atoms with Gasteiger partial charge in [-0.2, -0.15) is 0 Å². The normalized spacial score (nSPS) is 19.3. The van der Waals surface area contributed by atoms with E-state index in [4.69, 9.17) is 0 Å². The van der Waals surface area contributed by atoms with Gasteiger partial charge in [-0.1, -0.05) is 100 Å². The van der Waals surface area contributed by atoms with Crippen molar-refractivity contribution in [1.82, 2.24) is 0 Å². The number of benzene rings is 3. The first-order valence-electron chi connectivity index (χ1n) is 12.4. The summed E-state index contributed by atoms with van der Waals surface area (Å²) >= 11 is 0. The third-order valence-electron chi connectivity index (χ3n) is 7.31. The molecule has 0 N–H and O–H groups in total. The first kappa shape index (κ1) is 22.3. The van der Waals surface area contributed by atoms with Gasteiger partial charge in [0.1, 0.15) is 23.2 Å². The van der Waals surface area contributed by atoms with Crippen molar-refractivity contribution in [2.45, 2.75) is 58.3 Å². The summed E-state index contributed by atoms with van der Waals surface area (Å²) in [6, 6.07) is 34.3. The van der Waals surface area contributed by atoms with Crippen LogP contribution >= 0.6 is 7.26 Å². The first-order valence-corrected chi connectivity index (χ1v) is 14.3. The SMILES string of the molecule is CCCCCC1CCC(C[P+](c2ccccc2)(c2ccccc2)c2ccccc2)CC1. The lowest BCUT2D eigenvalue weighted by Gasteiger charge is -2.34. The van der Waals surface area contributed by atoms with Crippen molar-refractivity contribution >= 4 is 23.2 Å². The lowest BCUT2D eigenvalue weighted by molar-refractivity contribution is 0.274. The van der Waals surface area contributed by atoms with Gasteiger partial charge in [-0.3, -0.25) is 0 Å². The van der Waals surface area contributed by atoms with Crippen LogP contribution in [0, 0.1) is 11.8 Å². The number of hydrogen-bond acceptors (Lipinski definition) is 0. The van der Waals surface area contributed by atoms with Crippen LogP contribution in [-0.2, 0) is 0 Å². The summed E-state index contributed by atoms with van der Waals surface area (Å²) in [5.74, 6) is 1.80. The summed E-state index contributed by atoms with van der Waals surface area (Å²) in [5, 5.41) is 4.62. The van der Waals surface area contributed by atoms with E-state index in [0.717, 1.165) is 11.8 Å². The molecule has 3 aromatic carbocycles. The van der Waals surface area contributed by atoms with E-state index >= 15 is 0 Å². The first-order chi connectivity index (χ1) is 15.3. The van der Waals surface area contributed by atoms with Gasteiger partial charge >= 0.3 is 0 Å². The molecule has 162 valence electrons. The quantitative estimate of drug-likeness (QED) is 0.246. The Bertz CT molecular complexity index is 783. The molecule has 1 saturated carbocycles. The van der Waals surface area contributed by atoms with Crippen molar-refractivity contribution in [2.75, 3.05) is 6.16 Å². The van der Waals surface area contributed by atoms with Crippen molar-refractivity contribution in [3.05, 3.63) is 91.0 Å². The van der Waals surface area contributed by atoms with E-state index in [2.05, 4.69) is 97.9 Å². The van der Waals surface area contributed by atoms with E-state index in [9.17, 15) is 0 Å². The molecule has 0 unspecified atom stereocenters. The highest BCUT2D eigenvalue weighted by molar-refractivity contribution is 7.95. The topological polar surface area (TPSA) is 0 Å². The van der Waals surface area contributed by atoms with Gasteiger partial charge in [0.15, 0.2) is 0 Å². The third-order valence-corrected chi connectivity index (χ3v) is 11.9. The van der Waals surface area contributed by atoms with Crippen LogP contribution in [0.5, 0.6) is 0 Å². The molecule has 1 fully saturated rings. The Labute approximate surface area is 190 Å². The van der Waals surface area contributed by atoms with Gasteiger partial charge in [0.05, 0.1) is 6.16 Å². The van der Waals surface area contributed by atoms with Crippen molar-refractivity contribution in [2.24, 2.45) is 11.8 Å². The highest BCUT2D eigenvalue weighted by Crippen LogP contribution is 2.58. The summed E-state index contributed by atoms with van der Waals surface area (Å²) in [7, 11) is -1.67. The molecule has 1 heteroatoms. The van der Waals surface area contributed by atoms with Crippen LogP contribution in [0.3, 0.4) is 0 Å². The molecule has 4 rings (SSSR count). The molecule has 3 aromatic rings. The maximum atomic E-state index is 2.39. The van der Waals surface area contributed by atoms with E-state index in [0.29, 0.717) is 0 Å². The van der Waals surface area contributed by atoms with Crippen LogP contribution in [0.15, 0.2) is 91.0 Å². The zero-order valence-corrected chi connectivity index (χ0v) is 20.0. The predicted octanol–water partition coefficient (Wildman–Crippen LogP) is 7.37. The second-order valence-corrected chi connectivity index (χ2v) is 12.9. The van der Waals surface area contributed by atoms with Gasteiger partial charge in [-0.05, 0) is 61.1 Å². The molecule has 1 aliphatic rings. The van der Waals surface area contributed by atoms with Crippen LogP contribution in [0.4, 0.5) is 0 Å². The van der Waals surface area contributed by atoms with Gasteiger partial charge in [-0.15, -0.1) is 0 Å². The van der Waals surface area contributed by atoms with Crippen LogP contribution < -0.4 is 15.9 Å². The van der Waals surface area contributed by atoms with E-state index in [1.165, 1.54) is 73.4 Å². The summed E-state index contributed by atoms with van der Waals surface area (Å²) in [4.78, 5) is 0. The minimum atomic E-state index is -1.67. The molecule has 0 spiro atoms. The smallest absolute Gasteiger partial charge is 0.0654 e. The lowest BCUT2D eigenvalue weighted by atomic mass is 9.80. The molecular formula is C30H38P+. The molecule has 0 amide bonds. The van der Waals surface area contributed by atoms with Crippen LogP contribution in [0.1, 0.15) is 58.3 Å². The number of unbranched alkanes of at least 4 members (excludes halogenated alkanes) is 2. The lowest BCUT2D eigenvalue weighted by Crippen LogP contribution is -2.36. The Balaban J connectivity index is 1.65. The average Bonchev–Trinajstić information content (AvgIpc) is 2.85. The fraction of sp³-hybridized carbons (Fsp3) is 0.400. The molecule has 31 heavy (non-hydrogen) atoms. The minimum Gasteiger partial charge on any atom is -0.0654 e. The van der Waals surface area contributed by atoms with Crippen LogP contribution in [0.25, 0.3) is 0 Å². The largest absolute Gasteiger partial charge is 0.112 e. The van der Waals surface area contributed by atoms with Gasteiger partial charge < -0.3 is 0 Å². The Kier molecular flexibility index (Phi) is 7.98. The van der Waals surface area contributed by atoms with E-state index in [1.54, 1.807) is 0 Å². The summed E-state index contributed by atoms with van der Waals surface area (Å²) in [6.07, 6.45) is 12.6. The van der Waals surface area contributed by atoms with Crippen LogP contribution in [0.2, 0.25) is 0 Å². The Morgan fingerprint density at radius 3 is 1.42 bits per heavy atom. The van der Waals surface area contributed by atoms with Crippen LogP contribution in [-0.4, -0.2) is 6.16 Å². The summed E-state index contributed by atoms with van der Waals surface area (Å²) < 4.78 is 0. The molecular weight excluding hydrogens is 391 g/mol. The van der Waals surface area contributed by atoms with Crippen molar-refractivity contribution in [3.8, 4) is 0 Å². The maximum absolute atomic E-state index is 2.39. The van der Waals surface area contributed by atoms with E-state index in [-0.39, 0.29) is 0 Å². The average molecular weight is 430 g/mol. The molecule has 0 nitrogen and oxygen atoms in total. The second-order valence-electron chi connectivity index (χ2n) is 9.38. The number of hydrogen-bond donors (Lipinski definition) is 0. The second kappa shape index (κ2) is 11.1. The molecule has 0 bridgehead atoms. The highest BCUT2D eigenvalue weighted by Gasteiger charge is 2.47. The summed E-state index contributed by atoms with van der Waals surface area (Å²) in [5.41, 5.74) is 0. The zero-order valence-electron chi connectivity index (χ0n) is 19.1. The van der Waals surface area contributed by atoms with Crippen molar-refractivity contribution < 1.29 is 0 Å². The molecule has 0 heterocycles. The molecule has 0 aliphatic heterocycles. The fourth-order valence-corrected chi connectivity index (χ4v) is 10.3. The standard InChI is InChI=1S/C30H38P/c1-2-3-7-14-26-21-23-27(24-22-26)25-31(28-15-8-4-9-16-28,29-17-10-5-11-18-29)30-19-12-6-13-20-30/h4-6,8-13,15-20,26-27H,2-3,7,14,21-25H2,1H3/q+1.